The van der Waals surface area contributed by atoms with Crippen molar-refractivity contribution in [2.24, 2.45) is 17.3 Å². The highest BCUT2D eigenvalue weighted by Gasteiger charge is 2.42. The number of ketones is 2. The van der Waals surface area contributed by atoms with Crippen LogP contribution in [-0.2, 0) is 31.9 Å². The largest absolute Gasteiger partial charge is 0.457 e. The second-order valence-electron chi connectivity index (χ2n) is 12.8. The predicted octanol–water partition coefficient (Wildman–Crippen LogP) is 6.84. The minimum Gasteiger partial charge on any atom is -0.457 e. The highest BCUT2D eigenvalue weighted by Crippen LogP contribution is 2.51. The Balaban J connectivity index is 1.18. The number of benzene rings is 2. The summed E-state index contributed by atoms with van der Waals surface area (Å²) >= 11 is 0. The molecule has 0 saturated heterocycles. The fourth-order valence-corrected chi connectivity index (χ4v) is 7.75. The van der Waals surface area contributed by atoms with E-state index in [9.17, 15) is 19.2 Å². The van der Waals surface area contributed by atoms with Gasteiger partial charge in [0.05, 0.1) is 11.8 Å². The van der Waals surface area contributed by atoms with Crippen LogP contribution in [0.1, 0.15) is 109 Å². The third-order valence-corrected chi connectivity index (χ3v) is 10.1. The summed E-state index contributed by atoms with van der Waals surface area (Å²) < 4.78 is 10.8. The first-order chi connectivity index (χ1) is 19.9. The normalized spacial score (nSPS) is 19.9. The number of carbonyl (C=O) groups is 4. The molecule has 3 fully saturated rings. The smallest absolute Gasteiger partial charge is 0.309 e. The quantitative estimate of drug-likeness (QED) is 0.248. The number of carbonyl (C=O) groups excluding carboxylic acids is 4. The van der Waals surface area contributed by atoms with Crippen molar-refractivity contribution in [1.82, 2.24) is 0 Å². The monoisotopic (exact) mass is 556 g/mol. The topological polar surface area (TPSA) is 86.7 Å². The third kappa shape index (κ3) is 5.89. The van der Waals surface area contributed by atoms with Gasteiger partial charge in [0, 0.05) is 11.1 Å². The first-order valence-corrected chi connectivity index (χ1v) is 15.6. The summed E-state index contributed by atoms with van der Waals surface area (Å²) in [6.07, 6.45) is 14.2. The molecule has 6 rings (SSSR count). The van der Waals surface area contributed by atoms with Crippen LogP contribution >= 0.6 is 0 Å². The maximum absolute atomic E-state index is 13.3. The van der Waals surface area contributed by atoms with E-state index in [1.165, 1.54) is 31.2 Å². The van der Waals surface area contributed by atoms with E-state index in [1.807, 2.05) is 24.3 Å². The van der Waals surface area contributed by atoms with Gasteiger partial charge in [-0.15, -0.1) is 0 Å². The molecule has 0 heterocycles. The first kappa shape index (κ1) is 27.9. The van der Waals surface area contributed by atoms with E-state index < -0.39 is 0 Å². The molecule has 0 unspecified atom stereocenters. The Hall–Kier alpha value is -3.28. The highest BCUT2D eigenvalue weighted by atomic mass is 16.5. The molecule has 41 heavy (non-hydrogen) atoms. The van der Waals surface area contributed by atoms with E-state index in [-0.39, 0.29) is 54.0 Å². The maximum atomic E-state index is 13.3. The molecule has 6 heteroatoms. The molecule has 2 aromatic rings. The predicted molar refractivity (Wildman–Crippen MR) is 155 cm³/mol. The SMILES string of the molecule is O=C(COC(=O)C1CCCC1)c1ccc(-c2ccc(C(=O)COC(=O)C3CCCC3)c3c2CC2(CCCC2)C3)cc1. The summed E-state index contributed by atoms with van der Waals surface area (Å²) in [6, 6.07) is 11.4. The van der Waals surface area contributed by atoms with Gasteiger partial charge in [-0.1, -0.05) is 74.9 Å². The van der Waals surface area contributed by atoms with E-state index in [1.54, 1.807) is 12.1 Å². The van der Waals surface area contributed by atoms with Crippen LogP contribution in [0.25, 0.3) is 11.1 Å². The average molecular weight is 557 g/mol. The van der Waals surface area contributed by atoms with Crippen LogP contribution in [0.4, 0.5) is 0 Å². The van der Waals surface area contributed by atoms with Gasteiger partial charge in [0.2, 0.25) is 5.78 Å². The van der Waals surface area contributed by atoms with E-state index in [0.29, 0.717) is 11.1 Å². The molecule has 1 spiro atoms. The van der Waals surface area contributed by atoms with E-state index in [0.717, 1.165) is 80.9 Å². The molecule has 2 aromatic carbocycles. The minimum absolute atomic E-state index is 0.0631. The lowest BCUT2D eigenvalue weighted by Gasteiger charge is -2.22. The van der Waals surface area contributed by atoms with E-state index >= 15 is 0 Å². The van der Waals surface area contributed by atoms with Gasteiger partial charge >= 0.3 is 11.9 Å². The van der Waals surface area contributed by atoms with Crippen molar-refractivity contribution in [1.29, 1.82) is 0 Å². The van der Waals surface area contributed by atoms with Crippen molar-refractivity contribution < 1.29 is 28.7 Å². The van der Waals surface area contributed by atoms with Gasteiger partial charge in [-0.25, -0.2) is 0 Å². The first-order valence-electron chi connectivity index (χ1n) is 15.6. The Morgan fingerprint density at radius 2 is 1.17 bits per heavy atom. The van der Waals surface area contributed by atoms with Crippen LogP contribution in [0.15, 0.2) is 36.4 Å². The van der Waals surface area contributed by atoms with Gasteiger partial charge in [-0.2, -0.15) is 0 Å². The maximum Gasteiger partial charge on any atom is 0.309 e. The van der Waals surface area contributed by atoms with Crippen LogP contribution in [0.3, 0.4) is 0 Å². The molecule has 0 atom stereocenters. The number of fused-ring (bicyclic) bond motifs is 1. The third-order valence-electron chi connectivity index (χ3n) is 10.1. The van der Waals surface area contributed by atoms with E-state index in [2.05, 4.69) is 0 Å². The zero-order valence-corrected chi connectivity index (χ0v) is 23.9. The van der Waals surface area contributed by atoms with Crippen LogP contribution < -0.4 is 0 Å². The van der Waals surface area contributed by atoms with Gasteiger partial charge in [-0.3, -0.25) is 19.2 Å². The Morgan fingerprint density at radius 3 is 1.76 bits per heavy atom. The van der Waals surface area contributed by atoms with Crippen LogP contribution in [-0.4, -0.2) is 36.7 Å². The molecule has 0 radical (unpaired) electrons. The Bertz CT molecular complexity index is 1320. The number of ether oxygens (including phenoxy) is 2. The number of Topliss-reactive ketones (excluding diaryl/α,β-unsaturated/α-hetero) is 2. The lowest BCUT2D eigenvalue weighted by molar-refractivity contribution is -0.147. The van der Waals surface area contributed by atoms with Gasteiger partial charge < -0.3 is 9.47 Å². The lowest BCUT2D eigenvalue weighted by atomic mass is 9.82. The van der Waals surface area contributed by atoms with Gasteiger partial charge in [0.25, 0.3) is 0 Å². The van der Waals surface area contributed by atoms with Crippen LogP contribution in [0.5, 0.6) is 0 Å². The van der Waals surface area contributed by atoms with Crippen molar-refractivity contribution in [3.8, 4) is 11.1 Å². The fraction of sp³-hybridized carbons (Fsp3) is 0.543. The second-order valence-corrected chi connectivity index (χ2v) is 12.8. The molecule has 0 aliphatic heterocycles. The highest BCUT2D eigenvalue weighted by molar-refractivity contribution is 6.01. The van der Waals surface area contributed by atoms with Crippen LogP contribution in [0, 0.1) is 17.3 Å². The Labute approximate surface area is 242 Å². The molecular weight excluding hydrogens is 516 g/mol. The number of hydrogen-bond donors (Lipinski definition) is 0. The average Bonchev–Trinajstić information content (AvgIpc) is 3.82. The minimum atomic E-state index is -0.258. The van der Waals surface area contributed by atoms with Gasteiger partial charge in [-0.05, 0) is 79.0 Å². The van der Waals surface area contributed by atoms with Gasteiger partial charge in [0.15, 0.2) is 19.0 Å². The molecule has 0 bridgehead atoms. The molecule has 0 aromatic heterocycles. The molecule has 4 aliphatic carbocycles. The van der Waals surface area contributed by atoms with Gasteiger partial charge in [0.1, 0.15) is 0 Å². The zero-order chi connectivity index (χ0) is 28.4. The Kier molecular flexibility index (Phi) is 8.10. The molecule has 6 nitrogen and oxygen atoms in total. The lowest BCUT2D eigenvalue weighted by Crippen LogP contribution is -2.20. The molecule has 3 saturated carbocycles. The molecule has 216 valence electrons. The zero-order valence-electron chi connectivity index (χ0n) is 23.9. The number of rotatable bonds is 9. The van der Waals surface area contributed by atoms with Crippen molar-refractivity contribution in [3.05, 3.63) is 58.7 Å². The number of hydrogen-bond acceptors (Lipinski definition) is 6. The van der Waals surface area contributed by atoms with Crippen LogP contribution in [0.2, 0.25) is 0 Å². The van der Waals surface area contributed by atoms with Crippen molar-refractivity contribution >= 4 is 23.5 Å². The second kappa shape index (κ2) is 11.9. The molecule has 0 N–H and O–H groups in total. The van der Waals surface area contributed by atoms with Crippen molar-refractivity contribution in [3.63, 3.8) is 0 Å². The van der Waals surface area contributed by atoms with Crippen molar-refractivity contribution in [2.75, 3.05) is 13.2 Å². The summed E-state index contributed by atoms with van der Waals surface area (Å²) in [5.41, 5.74) is 5.81. The summed E-state index contributed by atoms with van der Waals surface area (Å²) in [7, 11) is 0. The molecule has 4 aliphatic rings. The summed E-state index contributed by atoms with van der Waals surface area (Å²) in [4.78, 5) is 50.7. The molecular formula is C35H40O6. The fourth-order valence-electron chi connectivity index (χ4n) is 7.75. The van der Waals surface area contributed by atoms with Crippen molar-refractivity contribution in [2.45, 2.75) is 89.9 Å². The number of esters is 2. The van der Waals surface area contributed by atoms with E-state index in [4.69, 9.17) is 9.47 Å². The molecule has 0 amide bonds. The summed E-state index contributed by atoms with van der Waals surface area (Å²) in [6.45, 7) is -0.426. The standard InChI is InChI=1S/C35H40O6/c36-31(21-40-33(38)25-7-1-2-8-25)24-13-11-23(12-14-24)27-15-16-28(30-20-35(19-29(27)30)17-5-6-18-35)32(37)22-41-34(39)26-9-3-4-10-26/h11-16,25-26H,1-10,17-22H2. The summed E-state index contributed by atoms with van der Waals surface area (Å²) in [5.74, 6) is -0.948. The summed E-state index contributed by atoms with van der Waals surface area (Å²) in [5, 5.41) is 0. The Morgan fingerprint density at radius 1 is 0.634 bits per heavy atom.